The fourth-order valence-corrected chi connectivity index (χ4v) is 5.79. The van der Waals surface area contributed by atoms with E-state index in [-0.39, 0.29) is 23.8 Å². The van der Waals surface area contributed by atoms with Crippen LogP contribution in [0, 0.1) is 5.41 Å². The summed E-state index contributed by atoms with van der Waals surface area (Å²) in [5.74, 6) is 0.658. The molecule has 0 unspecified atom stereocenters. The zero-order valence-electron chi connectivity index (χ0n) is 23.0. The van der Waals surface area contributed by atoms with E-state index in [0.29, 0.717) is 24.4 Å². The second kappa shape index (κ2) is 11.5. The number of ether oxygens (including phenoxy) is 1. The number of nitrogens with two attached hydrogens (primary N) is 2. The molecule has 7 nitrogen and oxygen atoms in total. The van der Waals surface area contributed by atoms with Crippen LogP contribution in [-0.2, 0) is 13.2 Å². The number of nitrogens with zero attached hydrogens (tertiary/aromatic N) is 1. The first-order chi connectivity index (χ1) is 19.9. The SMILES string of the molecule is N=C(N)c1ccc2cc(C(=O)N[C@H]3CC[C@H](N)CC3)n(Cc3cc(OCc4ccccc4)cc4ccccc34)c2c1. The number of rotatable bonds is 8. The van der Waals surface area contributed by atoms with E-state index in [9.17, 15) is 4.79 Å². The number of nitrogen functional groups attached to an aromatic ring is 1. The standard InChI is InChI=1S/C34H35N5O2/c35-27-12-14-28(15-13-27)38-34(40)32-18-24-10-11-25(33(36)37)19-31(24)39(32)20-26-17-29(16-23-8-4-5-9-30(23)26)41-21-22-6-2-1-3-7-22/h1-11,16-19,27-28H,12-15,20-21,35H2,(H3,36,37)(H,38,40)/t27-,28-. The van der Waals surface area contributed by atoms with Gasteiger partial charge >= 0.3 is 0 Å². The number of carbonyl (C=O) groups excluding carboxylic acids is 1. The molecule has 0 atom stereocenters. The summed E-state index contributed by atoms with van der Waals surface area (Å²) < 4.78 is 8.28. The highest BCUT2D eigenvalue weighted by Crippen LogP contribution is 2.30. The summed E-state index contributed by atoms with van der Waals surface area (Å²) in [5, 5.41) is 14.3. The molecule has 0 radical (unpaired) electrons. The van der Waals surface area contributed by atoms with Gasteiger partial charge in [0.2, 0.25) is 0 Å². The molecule has 4 aromatic carbocycles. The first-order valence-electron chi connectivity index (χ1n) is 14.2. The highest BCUT2D eigenvalue weighted by molar-refractivity contribution is 6.02. The molecule has 1 fully saturated rings. The van der Waals surface area contributed by atoms with Crippen molar-refractivity contribution in [3.8, 4) is 5.75 Å². The quantitative estimate of drug-likeness (QED) is 0.148. The lowest BCUT2D eigenvalue weighted by Gasteiger charge is -2.27. The van der Waals surface area contributed by atoms with Gasteiger partial charge in [-0.3, -0.25) is 10.2 Å². The molecule has 5 aromatic rings. The van der Waals surface area contributed by atoms with Crippen molar-refractivity contribution in [2.24, 2.45) is 11.5 Å². The summed E-state index contributed by atoms with van der Waals surface area (Å²) in [7, 11) is 0. The molecule has 1 heterocycles. The Morgan fingerprint density at radius 2 is 1.66 bits per heavy atom. The number of hydrogen-bond donors (Lipinski definition) is 4. The molecule has 0 spiro atoms. The highest BCUT2D eigenvalue weighted by Gasteiger charge is 2.23. The van der Waals surface area contributed by atoms with Gasteiger partial charge in [0.05, 0.1) is 0 Å². The van der Waals surface area contributed by atoms with E-state index in [1.807, 2.05) is 71.3 Å². The number of amides is 1. The molecule has 0 saturated heterocycles. The first-order valence-corrected chi connectivity index (χ1v) is 14.2. The number of nitrogens with one attached hydrogen (secondary N) is 2. The molecule has 41 heavy (non-hydrogen) atoms. The number of aromatic nitrogens is 1. The second-order valence-corrected chi connectivity index (χ2v) is 11.0. The predicted molar refractivity (Wildman–Crippen MR) is 164 cm³/mol. The molecule has 1 amide bonds. The molecule has 1 saturated carbocycles. The Morgan fingerprint density at radius 3 is 2.44 bits per heavy atom. The van der Waals surface area contributed by atoms with E-state index < -0.39 is 0 Å². The summed E-state index contributed by atoms with van der Waals surface area (Å²) >= 11 is 0. The lowest BCUT2D eigenvalue weighted by Crippen LogP contribution is -2.41. The van der Waals surface area contributed by atoms with Crippen molar-refractivity contribution in [1.29, 1.82) is 5.41 Å². The molecule has 1 aromatic heterocycles. The van der Waals surface area contributed by atoms with Crippen LogP contribution in [0.4, 0.5) is 0 Å². The fraction of sp³-hybridized carbons (Fsp3) is 0.235. The number of benzene rings is 4. The third kappa shape index (κ3) is 5.81. The third-order valence-electron chi connectivity index (χ3n) is 8.05. The highest BCUT2D eigenvalue weighted by atomic mass is 16.5. The topological polar surface area (TPSA) is 119 Å². The van der Waals surface area contributed by atoms with Gasteiger partial charge in [-0.15, -0.1) is 0 Å². The van der Waals surface area contributed by atoms with Gasteiger partial charge in [-0.2, -0.15) is 0 Å². The van der Waals surface area contributed by atoms with E-state index >= 15 is 0 Å². The van der Waals surface area contributed by atoms with Gasteiger partial charge in [0.1, 0.15) is 23.9 Å². The Balaban J connectivity index is 1.39. The largest absolute Gasteiger partial charge is 0.489 e. The van der Waals surface area contributed by atoms with Crippen LogP contribution in [0.15, 0.2) is 91.0 Å². The van der Waals surface area contributed by atoms with Crippen molar-refractivity contribution in [3.05, 3.63) is 113 Å². The second-order valence-electron chi connectivity index (χ2n) is 11.0. The summed E-state index contributed by atoms with van der Waals surface area (Å²) in [6.45, 7) is 0.915. The molecular weight excluding hydrogens is 510 g/mol. The zero-order chi connectivity index (χ0) is 28.3. The average molecular weight is 546 g/mol. The van der Waals surface area contributed by atoms with E-state index in [1.54, 1.807) is 0 Å². The smallest absolute Gasteiger partial charge is 0.268 e. The third-order valence-corrected chi connectivity index (χ3v) is 8.05. The van der Waals surface area contributed by atoms with Crippen LogP contribution in [-0.4, -0.2) is 28.4 Å². The van der Waals surface area contributed by atoms with Crippen LogP contribution in [0.3, 0.4) is 0 Å². The number of amidine groups is 1. The molecule has 6 rings (SSSR count). The molecular formula is C34H35N5O2. The molecule has 0 aliphatic heterocycles. The van der Waals surface area contributed by atoms with Gasteiger partial charge in [-0.1, -0.05) is 66.7 Å². The van der Waals surface area contributed by atoms with Crippen molar-refractivity contribution in [1.82, 2.24) is 9.88 Å². The van der Waals surface area contributed by atoms with Crippen molar-refractivity contribution < 1.29 is 9.53 Å². The molecule has 1 aliphatic rings. The van der Waals surface area contributed by atoms with Crippen molar-refractivity contribution in [2.45, 2.75) is 50.9 Å². The first kappa shape index (κ1) is 26.6. The van der Waals surface area contributed by atoms with Gasteiger partial charge in [0.25, 0.3) is 5.91 Å². The Morgan fingerprint density at radius 1 is 0.902 bits per heavy atom. The maximum atomic E-state index is 13.7. The van der Waals surface area contributed by atoms with Crippen LogP contribution in [0.25, 0.3) is 21.7 Å². The van der Waals surface area contributed by atoms with Gasteiger partial charge in [0.15, 0.2) is 0 Å². The van der Waals surface area contributed by atoms with Gasteiger partial charge in [0, 0.05) is 35.1 Å². The van der Waals surface area contributed by atoms with Crippen molar-refractivity contribution in [2.75, 3.05) is 0 Å². The Hall–Kier alpha value is -4.62. The van der Waals surface area contributed by atoms with Crippen LogP contribution < -0.4 is 21.5 Å². The molecule has 0 bridgehead atoms. The summed E-state index contributed by atoms with van der Waals surface area (Å²) in [5.41, 5.74) is 16.1. The van der Waals surface area contributed by atoms with Gasteiger partial charge < -0.3 is 26.1 Å². The zero-order valence-corrected chi connectivity index (χ0v) is 23.0. The van der Waals surface area contributed by atoms with Gasteiger partial charge in [-0.05, 0) is 71.8 Å². The monoisotopic (exact) mass is 545 g/mol. The summed E-state index contributed by atoms with van der Waals surface area (Å²) in [6.07, 6.45) is 3.59. The minimum Gasteiger partial charge on any atom is -0.489 e. The minimum absolute atomic E-state index is 0.00837. The van der Waals surface area contributed by atoms with E-state index in [2.05, 4.69) is 29.6 Å². The molecule has 7 heteroatoms. The number of hydrogen-bond acceptors (Lipinski definition) is 4. The number of carbonyl (C=O) groups is 1. The maximum Gasteiger partial charge on any atom is 0.268 e. The maximum absolute atomic E-state index is 13.7. The van der Waals surface area contributed by atoms with E-state index in [4.69, 9.17) is 21.6 Å². The fourth-order valence-electron chi connectivity index (χ4n) is 5.79. The minimum atomic E-state index is -0.105. The lowest BCUT2D eigenvalue weighted by molar-refractivity contribution is 0.0917. The van der Waals surface area contributed by atoms with Gasteiger partial charge in [-0.25, -0.2) is 0 Å². The summed E-state index contributed by atoms with van der Waals surface area (Å²) in [6, 6.07) is 30.4. The van der Waals surface area contributed by atoms with Crippen molar-refractivity contribution >= 4 is 33.4 Å². The Kier molecular flexibility index (Phi) is 7.44. The Bertz CT molecular complexity index is 1720. The van der Waals surface area contributed by atoms with Crippen LogP contribution in [0.5, 0.6) is 5.75 Å². The van der Waals surface area contributed by atoms with Crippen LogP contribution in [0.1, 0.15) is 52.9 Å². The summed E-state index contributed by atoms with van der Waals surface area (Å²) in [4.78, 5) is 13.7. The van der Waals surface area contributed by atoms with Crippen molar-refractivity contribution in [3.63, 3.8) is 0 Å². The number of fused-ring (bicyclic) bond motifs is 2. The average Bonchev–Trinajstić information content (AvgIpc) is 3.35. The van der Waals surface area contributed by atoms with Crippen LogP contribution in [0.2, 0.25) is 0 Å². The lowest BCUT2D eigenvalue weighted by atomic mass is 9.92. The van der Waals surface area contributed by atoms with Crippen LogP contribution >= 0.6 is 0 Å². The normalized spacial score (nSPS) is 17.0. The molecule has 6 N–H and O–H groups in total. The Labute approximate surface area is 239 Å². The predicted octanol–water partition coefficient (Wildman–Crippen LogP) is 5.71. The molecule has 208 valence electrons. The molecule has 1 aliphatic carbocycles. The van der Waals surface area contributed by atoms with E-state index in [0.717, 1.165) is 64.2 Å². The van der Waals surface area contributed by atoms with E-state index in [1.165, 1.54) is 0 Å².